The fourth-order valence-electron chi connectivity index (χ4n) is 3.26. The van der Waals surface area contributed by atoms with Crippen LogP contribution in [0.4, 0.5) is 11.4 Å². The minimum Gasteiger partial charge on any atom is -0.326 e. The normalized spacial score (nSPS) is 11.7. The van der Waals surface area contributed by atoms with Crippen molar-refractivity contribution in [2.24, 2.45) is 7.05 Å². The molecule has 1 unspecified atom stereocenters. The fourth-order valence-corrected chi connectivity index (χ4v) is 4.20. The van der Waals surface area contributed by atoms with Crippen molar-refractivity contribution in [3.05, 3.63) is 65.0 Å². The Morgan fingerprint density at radius 1 is 1.00 bits per heavy atom. The third-order valence-electron chi connectivity index (χ3n) is 5.48. The van der Waals surface area contributed by atoms with Gasteiger partial charge in [0.05, 0.1) is 11.7 Å². The van der Waals surface area contributed by atoms with E-state index in [1.807, 2.05) is 39.0 Å². The van der Waals surface area contributed by atoms with Crippen molar-refractivity contribution in [3.63, 3.8) is 0 Å². The van der Waals surface area contributed by atoms with E-state index < -0.39 is 5.25 Å². The van der Waals surface area contributed by atoms with Crippen molar-refractivity contribution in [3.8, 4) is 0 Å². The molecule has 3 aromatic rings. The molecule has 8 nitrogen and oxygen atoms in total. The molecule has 3 rings (SSSR count). The minimum atomic E-state index is -0.416. The second kappa shape index (κ2) is 11.1. The van der Waals surface area contributed by atoms with E-state index >= 15 is 0 Å². The third kappa shape index (κ3) is 6.32. The summed E-state index contributed by atoms with van der Waals surface area (Å²) in [6.07, 6.45) is 0.635. The van der Waals surface area contributed by atoms with Crippen LogP contribution in [-0.2, 0) is 23.1 Å². The number of aromatic nitrogens is 3. The van der Waals surface area contributed by atoms with E-state index in [1.54, 1.807) is 35.9 Å². The number of aryl methyl sites for hydroxylation is 2. The first-order valence-corrected chi connectivity index (χ1v) is 11.9. The first kappa shape index (κ1) is 25.2. The van der Waals surface area contributed by atoms with Crippen LogP contribution in [0, 0.1) is 13.8 Å². The number of carbonyl (C=O) groups is 3. The predicted octanol–water partition coefficient (Wildman–Crippen LogP) is 4.33. The largest absolute Gasteiger partial charge is 0.326 e. The molecule has 1 atom stereocenters. The lowest BCUT2D eigenvalue weighted by molar-refractivity contribution is -0.116. The number of benzene rings is 2. The van der Waals surface area contributed by atoms with Gasteiger partial charge in [0.1, 0.15) is 5.82 Å². The van der Waals surface area contributed by atoms with Gasteiger partial charge in [0.2, 0.25) is 11.8 Å². The number of hydrogen-bond donors (Lipinski definition) is 2. The molecule has 0 spiro atoms. The minimum absolute atomic E-state index is 0.0642. The highest BCUT2D eigenvalue weighted by atomic mass is 32.2. The van der Waals surface area contributed by atoms with Crippen molar-refractivity contribution < 1.29 is 14.4 Å². The van der Waals surface area contributed by atoms with Gasteiger partial charge in [0.15, 0.2) is 10.9 Å². The molecule has 0 bridgehead atoms. The first-order valence-electron chi connectivity index (χ1n) is 11.0. The Morgan fingerprint density at radius 2 is 1.74 bits per heavy atom. The van der Waals surface area contributed by atoms with E-state index in [2.05, 4.69) is 20.8 Å². The Balaban J connectivity index is 1.63. The highest BCUT2D eigenvalue weighted by molar-refractivity contribution is 8.00. The zero-order chi connectivity index (χ0) is 24.8. The summed E-state index contributed by atoms with van der Waals surface area (Å²) >= 11 is 1.29. The van der Waals surface area contributed by atoms with Crippen molar-refractivity contribution in [2.75, 3.05) is 10.6 Å². The molecule has 0 fully saturated rings. The van der Waals surface area contributed by atoms with E-state index in [0.29, 0.717) is 28.7 Å². The zero-order valence-electron chi connectivity index (χ0n) is 20.0. The van der Waals surface area contributed by atoms with E-state index in [-0.39, 0.29) is 24.0 Å². The zero-order valence-corrected chi connectivity index (χ0v) is 20.8. The third-order valence-corrected chi connectivity index (χ3v) is 6.88. The number of rotatable bonds is 9. The van der Waals surface area contributed by atoms with Crippen LogP contribution in [-0.4, -0.2) is 37.6 Å². The van der Waals surface area contributed by atoms with Crippen LogP contribution < -0.4 is 10.6 Å². The lowest BCUT2D eigenvalue weighted by Crippen LogP contribution is -2.25. The fraction of sp³-hybridized carbons (Fsp3) is 0.320. The molecular formula is C25H29N5O3S. The molecule has 2 N–H and O–H groups in total. The van der Waals surface area contributed by atoms with Gasteiger partial charge in [-0.25, -0.2) is 0 Å². The summed E-state index contributed by atoms with van der Waals surface area (Å²) in [5.41, 5.74) is 4.11. The molecular weight excluding hydrogens is 450 g/mol. The molecule has 2 amide bonds. The number of amides is 2. The van der Waals surface area contributed by atoms with Crippen molar-refractivity contribution in [1.29, 1.82) is 0 Å². The lowest BCUT2D eigenvalue weighted by atomic mass is 10.1. The van der Waals surface area contributed by atoms with Gasteiger partial charge >= 0.3 is 0 Å². The monoisotopic (exact) mass is 479 g/mol. The summed E-state index contributed by atoms with van der Waals surface area (Å²) in [4.78, 5) is 37.0. The van der Waals surface area contributed by atoms with Gasteiger partial charge in [0, 0.05) is 24.0 Å². The molecule has 0 saturated heterocycles. The topological polar surface area (TPSA) is 106 Å². The Morgan fingerprint density at radius 3 is 2.41 bits per heavy atom. The summed E-state index contributed by atoms with van der Waals surface area (Å²) in [5.74, 6) is 0.0645. The molecule has 0 radical (unpaired) electrons. The van der Waals surface area contributed by atoms with Crippen LogP contribution in [0.5, 0.6) is 0 Å². The number of nitrogens with zero attached hydrogens (tertiary/aromatic N) is 3. The number of thioether (sulfide) groups is 1. The molecule has 9 heteroatoms. The van der Waals surface area contributed by atoms with Gasteiger partial charge in [-0.05, 0) is 62.6 Å². The molecule has 178 valence electrons. The van der Waals surface area contributed by atoms with E-state index in [0.717, 1.165) is 16.8 Å². The average molecular weight is 480 g/mol. The van der Waals surface area contributed by atoms with Gasteiger partial charge in [-0.3, -0.25) is 14.4 Å². The quantitative estimate of drug-likeness (QED) is 0.350. The van der Waals surface area contributed by atoms with Crippen LogP contribution in [0.2, 0.25) is 0 Å². The van der Waals surface area contributed by atoms with Crippen molar-refractivity contribution in [1.82, 2.24) is 14.8 Å². The second-order valence-corrected chi connectivity index (χ2v) is 9.29. The number of carbonyl (C=O) groups excluding carboxylic acids is 3. The Labute approximate surface area is 203 Å². The molecule has 0 aliphatic carbocycles. The maximum absolute atomic E-state index is 12.8. The SMILES string of the molecule is CCC(Sc1nnc(CC(=O)Nc2ccc(C)c(C)c2)n1C)C(=O)Nc1cccc(C(C)=O)c1. The van der Waals surface area contributed by atoms with Gasteiger partial charge in [-0.1, -0.05) is 36.9 Å². The summed E-state index contributed by atoms with van der Waals surface area (Å²) in [6.45, 7) is 7.42. The van der Waals surface area contributed by atoms with E-state index in [1.165, 1.54) is 18.7 Å². The average Bonchev–Trinajstić information content (AvgIpc) is 3.13. The number of anilines is 2. The summed E-state index contributed by atoms with van der Waals surface area (Å²) in [7, 11) is 1.78. The van der Waals surface area contributed by atoms with Gasteiger partial charge in [-0.2, -0.15) is 0 Å². The van der Waals surface area contributed by atoms with Crippen molar-refractivity contribution in [2.45, 2.75) is 50.9 Å². The number of hydrogen-bond acceptors (Lipinski definition) is 6. The van der Waals surface area contributed by atoms with E-state index in [4.69, 9.17) is 0 Å². The number of Topliss-reactive ketones (excluding diaryl/α,β-unsaturated/α-hetero) is 1. The first-order chi connectivity index (χ1) is 16.2. The van der Waals surface area contributed by atoms with E-state index in [9.17, 15) is 14.4 Å². The second-order valence-electron chi connectivity index (χ2n) is 8.12. The van der Waals surface area contributed by atoms with Gasteiger partial charge in [0.25, 0.3) is 0 Å². The van der Waals surface area contributed by atoms with Crippen molar-refractivity contribution >= 4 is 40.7 Å². The maximum Gasteiger partial charge on any atom is 0.237 e. The number of ketones is 1. The smallest absolute Gasteiger partial charge is 0.237 e. The maximum atomic E-state index is 12.8. The lowest BCUT2D eigenvalue weighted by Gasteiger charge is -2.14. The summed E-state index contributed by atoms with van der Waals surface area (Å²) < 4.78 is 1.73. The standard InChI is InChI=1S/C25H29N5O3S/c1-6-21(24(33)27-19-9-7-8-18(13-19)17(4)31)34-25-29-28-22(30(25)5)14-23(32)26-20-11-10-15(2)16(3)12-20/h7-13,21H,6,14H2,1-5H3,(H,26,32)(H,27,33). The van der Waals surface area contributed by atoms with Crippen LogP contribution in [0.25, 0.3) is 0 Å². The number of nitrogens with one attached hydrogen (secondary N) is 2. The predicted molar refractivity (Wildman–Crippen MR) is 134 cm³/mol. The molecule has 0 aliphatic heterocycles. The van der Waals surface area contributed by atoms with Crippen LogP contribution in [0.3, 0.4) is 0 Å². The summed E-state index contributed by atoms with van der Waals surface area (Å²) in [6, 6.07) is 12.6. The van der Waals surface area contributed by atoms with Gasteiger partial charge < -0.3 is 15.2 Å². The van der Waals surface area contributed by atoms with Gasteiger partial charge in [-0.15, -0.1) is 10.2 Å². The Kier molecular flexibility index (Phi) is 8.22. The highest BCUT2D eigenvalue weighted by Gasteiger charge is 2.22. The molecule has 2 aromatic carbocycles. The Hall–Kier alpha value is -3.46. The molecule has 0 saturated carbocycles. The highest BCUT2D eigenvalue weighted by Crippen LogP contribution is 2.26. The van der Waals surface area contributed by atoms with Crippen LogP contribution in [0.1, 0.15) is 47.6 Å². The molecule has 34 heavy (non-hydrogen) atoms. The van der Waals surface area contributed by atoms with Crippen LogP contribution >= 0.6 is 11.8 Å². The molecule has 1 heterocycles. The Bertz CT molecular complexity index is 1220. The van der Waals surface area contributed by atoms with Crippen LogP contribution in [0.15, 0.2) is 47.6 Å². The molecule has 1 aromatic heterocycles. The summed E-state index contributed by atoms with van der Waals surface area (Å²) in [5, 5.41) is 14.2. The molecule has 0 aliphatic rings.